The molecule has 2 amide bonds. The van der Waals surface area contributed by atoms with E-state index in [9.17, 15) is 9.59 Å². The van der Waals surface area contributed by atoms with E-state index in [1.54, 1.807) is 0 Å². The van der Waals surface area contributed by atoms with Crippen molar-refractivity contribution in [2.24, 2.45) is 0 Å². The molecule has 0 bridgehead atoms. The van der Waals surface area contributed by atoms with Crippen LogP contribution in [0.5, 0.6) is 0 Å². The molecule has 0 N–H and O–H groups in total. The molecule has 4 fully saturated rings. The second kappa shape index (κ2) is 17.9. The lowest BCUT2D eigenvalue weighted by molar-refractivity contribution is 0.0386. The van der Waals surface area contributed by atoms with E-state index in [1.165, 1.54) is 36.4 Å². The highest BCUT2D eigenvalue weighted by atomic mass is 33.1. The molecule has 4 aliphatic rings. The summed E-state index contributed by atoms with van der Waals surface area (Å²) < 4.78 is 11.1. The average Bonchev–Trinajstić information content (AvgIpc) is 2.98. The second-order valence-corrected chi connectivity index (χ2v) is 15.3. The molecule has 8 nitrogen and oxygen atoms in total. The van der Waals surface area contributed by atoms with Crippen LogP contribution in [0.3, 0.4) is 0 Å². The molecule has 218 valence electrons. The van der Waals surface area contributed by atoms with Crippen molar-refractivity contribution < 1.29 is 19.1 Å². The monoisotopic (exact) mass is 606 g/mol. The maximum absolute atomic E-state index is 12.9. The topological polar surface area (TPSA) is 65.6 Å². The Balaban J connectivity index is 1.31. The largest absolute Gasteiger partial charge is 0.379 e. The average molecular weight is 607 g/mol. The van der Waals surface area contributed by atoms with Crippen LogP contribution < -0.4 is 0 Å². The van der Waals surface area contributed by atoms with Gasteiger partial charge in [0.25, 0.3) is 10.5 Å². The van der Waals surface area contributed by atoms with Crippen molar-refractivity contribution in [1.29, 1.82) is 0 Å². The van der Waals surface area contributed by atoms with E-state index in [2.05, 4.69) is 9.80 Å². The molecular formula is C26H46N4O4S4. The van der Waals surface area contributed by atoms with E-state index in [0.29, 0.717) is 10.5 Å². The van der Waals surface area contributed by atoms with Crippen molar-refractivity contribution in [3.8, 4) is 0 Å². The summed E-state index contributed by atoms with van der Waals surface area (Å²) in [6.07, 6.45) is 7.00. The molecule has 0 aromatic carbocycles. The van der Waals surface area contributed by atoms with E-state index in [1.807, 2.05) is 31.4 Å². The van der Waals surface area contributed by atoms with Gasteiger partial charge in [-0.25, -0.2) is 0 Å². The van der Waals surface area contributed by atoms with Crippen molar-refractivity contribution in [3.63, 3.8) is 0 Å². The second-order valence-electron chi connectivity index (χ2n) is 10.5. The normalized spacial score (nSPS) is 23.8. The first-order valence-electron chi connectivity index (χ1n) is 14.4. The molecule has 0 aliphatic carbocycles. The molecular weight excluding hydrogens is 561 g/mol. The van der Waals surface area contributed by atoms with Crippen molar-refractivity contribution in [2.75, 3.05) is 103 Å². The summed E-state index contributed by atoms with van der Waals surface area (Å²) in [5, 5.41) is 1.20. The number of nitrogens with zero attached hydrogens (tertiary/aromatic N) is 4. The molecule has 0 aromatic heterocycles. The van der Waals surface area contributed by atoms with Crippen LogP contribution in [0.1, 0.15) is 38.5 Å². The van der Waals surface area contributed by atoms with Crippen LogP contribution >= 0.6 is 45.1 Å². The summed E-state index contributed by atoms with van der Waals surface area (Å²) in [6, 6.07) is 0. The minimum atomic E-state index is 0.245. The van der Waals surface area contributed by atoms with Gasteiger partial charge in [-0.15, -0.1) is 0 Å². The smallest absolute Gasteiger partial charge is 0.281 e. The third-order valence-electron chi connectivity index (χ3n) is 7.47. The standard InChI is InChI=1S/C26H46N4O4S4/c31-25(29-7-3-1-4-8-29)35-21-23(19-27-11-15-33-16-12-27)37-38-24(20-28-13-17-34-18-14-28)22-36-26(32)30-9-5-2-6-10-30/h23-24H,1-22H2. The minimum Gasteiger partial charge on any atom is -0.379 e. The Labute approximate surface area is 245 Å². The van der Waals surface area contributed by atoms with E-state index >= 15 is 0 Å². The van der Waals surface area contributed by atoms with Crippen LogP contribution in [0, 0.1) is 0 Å². The van der Waals surface area contributed by atoms with Crippen LogP contribution in [-0.4, -0.2) is 144 Å². The number of ether oxygens (including phenoxy) is 2. The number of carbonyl (C=O) groups excluding carboxylic acids is 2. The Morgan fingerprint density at radius 2 is 0.921 bits per heavy atom. The highest BCUT2D eigenvalue weighted by Gasteiger charge is 2.26. The van der Waals surface area contributed by atoms with Gasteiger partial charge in [-0.3, -0.25) is 19.4 Å². The minimum absolute atomic E-state index is 0.245. The zero-order chi connectivity index (χ0) is 26.4. The van der Waals surface area contributed by atoms with Gasteiger partial charge in [0.15, 0.2) is 0 Å². The summed E-state index contributed by atoms with van der Waals surface area (Å²) in [5.74, 6) is 1.66. The number of hydrogen-bond donors (Lipinski definition) is 0. The van der Waals surface area contributed by atoms with Crippen molar-refractivity contribution in [3.05, 3.63) is 0 Å². The van der Waals surface area contributed by atoms with Crippen molar-refractivity contribution in [2.45, 2.75) is 49.0 Å². The maximum atomic E-state index is 12.9. The Morgan fingerprint density at radius 3 is 1.29 bits per heavy atom. The number of rotatable bonds is 11. The SMILES string of the molecule is O=C(SCC(CN1CCOCC1)SSC(CSC(=O)N1CCCCC1)CN1CCOCC1)N1CCCCC1. The predicted molar refractivity (Wildman–Crippen MR) is 164 cm³/mol. The van der Waals surface area contributed by atoms with Gasteiger partial charge in [-0.1, -0.05) is 45.1 Å². The molecule has 4 rings (SSSR count). The first-order valence-corrected chi connectivity index (χ1v) is 18.7. The first kappa shape index (κ1) is 31.1. The zero-order valence-corrected chi connectivity index (χ0v) is 26.0. The highest BCUT2D eigenvalue weighted by Crippen LogP contribution is 2.36. The summed E-state index contributed by atoms with van der Waals surface area (Å²) in [4.78, 5) is 34.9. The van der Waals surface area contributed by atoms with Gasteiger partial charge in [0.1, 0.15) is 0 Å². The lowest BCUT2D eigenvalue weighted by Gasteiger charge is -2.33. The van der Waals surface area contributed by atoms with Gasteiger partial charge in [0, 0.05) is 87.5 Å². The van der Waals surface area contributed by atoms with E-state index in [0.717, 1.165) is 129 Å². The highest BCUT2D eigenvalue weighted by molar-refractivity contribution is 8.77. The molecule has 2 unspecified atom stereocenters. The molecule has 0 saturated carbocycles. The number of amides is 2. The summed E-state index contributed by atoms with van der Waals surface area (Å²) in [6.45, 7) is 12.6. The molecule has 4 heterocycles. The van der Waals surface area contributed by atoms with Crippen LogP contribution in [0.4, 0.5) is 9.59 Å². The van der Waals surface area contributed by atoms with E-state index in [4.69, 9.17) is 9.47 Å². The summed E-state index contributed by atoms with van der Waals surface area (Å²) in [7, 11) is 3.87. The number of hydrogen-bond acceptors (Lipinski definition) is 10. The van der Waals surface area contributed by atoms with Gasteiger partial charge < -0.3 is 19.3 Å². The third-order valence-corrected chi connectivity index (χ3v) is 13.3. The molecule has 0 aromatic rings. The molecule has 4 aliphatic heterocycles. The molecule has 38 heavy (non-hydrogen) atoms. The van der Waals surface area contributed by atoms with Crippen molar-refractivity contribution >= 4 is 55.6 Å². The summed E-state index contributed by atoms with van der Waals surface area (Å²) in [5.41, 5.74) is 0. The van der Waals surface area contributed by atoms with Crippen LogP contribution in [0.25, 0.3) is 0 Å². The zero-order valence-electron chi connectivity index (χ0n) is 22.8. The van der Waals surface area contributed by atoms with Gasteiger partial charge in [0.05, 0.1) is 26.4 Å². The molecule has 0 radical (unpaired) electrons. The van der Waals surface area contributed by atoms with E-state index < -0.39 is 0 Å². The number of morpholine rings is 2. The molecule has 12 heteroatoms. The molecule has 4 saturated heterocycles. The lowest BCUT2D eigenvalue weighted by Crippen LogP contribution is -2.42. The fourth-order valence-corrected chi connectivity index (χ4v) is 10.8. The van der Waals surface area contributed by atoms with Gasteiger partial charge >= 0.3 is 0 Å². The fourth-order valence-electron chi connectivity index (χ4n) is 5.19. The molecule has 0 spiro atoms. The van der Waals surface area contributed by atoms with Gasteiger partial charge in [-0.05, 0) is 38.5 Å². The van der Waals surface area contributed by atoms with Gasteiger partial charge in [-0.2, -0.15) is 0 Å². The Bertz CT molecular complexity index is 643. The maximum Gasteiger partial charge on any atom is 0.281 e. The third kappa shape index (κ3) is 11.2. The summed E-state index contributed by atoms with van der Waals surface area (Å²) >= 11 is 3.01. The van der Waals surface area contributed by atoms with Crippen LogP contribution in [-0.2, 0) is 9.47 Å². The van der Waals surface area contributed by atoms with Crippen molar-refractivity contribution in [1.82, 2.24) is 19.6 Å². The molecule has 2 atom stereocenters. The number of piperidine rings is 2. The van der Waals surface area contributed by atoms with Gasteiger partial charge in [0.2, 0.25) is 0 Å². The first-order chi connectivity index (χ1) is 18.7. The predicted octanol–water partition coefficient (Wildman–Crippen LogP) is 4.45. The Morgan fingerprint density at radius 1 is 0.553 bits per heavy atom. The fraction of sp³-hybridized carbons (Fsp3) is 0.923. The number of thioether (sulfide) groups is 2. The number of carbonyl (C=O) groups is 2. The Kier molecular flexibility index (Phi) is 14.6. The van der Waals surface area contributed by atoms with Crippen LogP contribution in [0.2, 0.25) is 0 Å². The number of likely N-dealkylation sites (tertiary alicyclic amines) is 2. The lowest BCUT2D eigenvalue weighted by atomic mass is 10.1. The van der Waals surface area contributed by atoms with Crippen LogP contribution in [0.15, 0.2) is 0 Å². The quantitative estimate of drug-likeness (QED) is 0.315. The Hall–Kier alpha value is 0.180. The van der Waals surface area contributed by atoms with E-state index in [-0.39, 0.29) is 10.5 Å².